The van der Waals surface area contributed by atoms with Gasteiger partial charge in [0.25, 0.3) is 0 Å². The molecule has 0 bridgehead atoms. The average Bonchev–Trinajstić information content (AvgIpc) is 2.76. The fourth-order valence-corrected chi connectivity index (χ4v) is 4.18. The van der Waals surface area contributed by atoms with Crippen molar-refractivity contribution >= 4 is 0 Å². The van der Waals surface area contributed by atoms with E-state index in [0.29, 0.717) is 12.8 Å². The largest absolute Gasteiger partial charge is 0.387 e. The van der Waals surface area contributed by atoms with Gasteiger partial charge >= 0.3 is 0 Å². The number of methoxy groups -OCH3 is 1. The SMILES string of the molecule is C=C1C[C@H](O)[C@@]2(OC)OC[C@]3(O)CCC[C@@]132. The van der Waals surface area contributed by atoms with Gasteiger partial charge in [-0.1, -0.05) is 12.2 Å². The predicted octanol–water partition coefficient (Wildman–Crippen LogP) is 0.581. The molecule has 3 fully saturated rings. The zero-order chi connectivity index (χ0) is 11.6. The van der Waals surface area contributed by atoms with Crippen LogP contribution in [-0.2, 0) is 9.47 Å². The summed E-state index contributed by atoms with van der Waals surface area (Å²) in [5.41, 5.74) is -0.634. The van der Waals surface area contributed by atoms with Gasteiger partial charge in [-0.15, -0.1) is 0 Å². The Kier molecular flexibility index (Phi) is 1.93. The Morgan fingerprint density at radius 1 is 1.50 bits per heavy atom. The first-order chi connectivity index (χ1) is 7.52. The highest BCUT2D eigenvalue weighted by atomic mass is 16.7. The zero-order valence-corrected chi connectivity index (χ0v) is 9.53. The van der Waals surface area contributed by atoms with Gasteiger partial charge in [0.1, 0.15) is 11.7 Å². The Morgan fingerprint density at radius 2 is 2.25 bits per heavy atom. The summed E-state index contributed by atoms with van der Waals surface area (Å²) in [6.45, 7) is 4.27. The second-order valence-corrected chi connectivity index (χ2v) is 5.27. The van der Waals surface area contributed by atoms with Crippen molar-refractivity contribution in [2.45, 2.75) is 43.2 Å². The number of aliphatic hydroxyl groups excluding tert-OH is 1. The molecule has 1 aliphatic heterocycles. The topological polar surface area (TPSA) is 58.9 Å². The van der Waals surface area contributed by atoms with E-state index in [1.165, 1.54) is 7.11 Å². The first kappa shape index (κ1) is 10.7. The number of hydrogen-bond donors (Lipinski definition) is 2. The highest BCUT2D eigenvalue weighted by Gasteiger charge is 2.77. The molecule has 0 aromatic carbocycles. The Labute approximate surface area is 94.9 Å². The summed E-state index contributed by atoms with van der Waals surface area (Å²) in [6, 6.07) is 0. The summed E-state index contributed by atoms with van der Waals surface area (Å²) >= 11 is 0. The maximum atomic E-state index is 10.7. The van der Waals surface area contributed by atoms with E-state index in [0.717, 1.165) is 18.4 Å². The molecular formula is C12H18O4. The van der Waals surface area contributed by atoms with Crippen LogP contribution in [0, 0.1) is 5.41 Å². The van der Waals surface area contributed by atoms with Crippen molar-refractivity contribution in [3.63, 3.8) is 0 Å². The number of ether oxygens (including phenoxy) is 2. The molecule has 90 valence electrons. The molecule has 0 aromatic rings. The smallest absolute Gasteiger partial charge is 0.207 e. The van der Waals surface area contributed by atoms with E-state index in [1.54, 1.807) is 0 Å². The molecule has 0 radical (unpaired) electrons. The zero-order valence-electron chi connectivity index (χ0n) is 9.53. The van der Waals surface area contributed by atoms with Crippen molar-refractivity contribution in [2.75, 3.05) is 13.7 Å². The van der Waals surface area contributed by atoms with E-state index in [1.807, 2.05) is 0 Å². The average molecular weight is 226 g/mol. The Bertz CT molecular complexity index is 355. The van der Waals surface area contributed by atoms with Crippen LogP contribution < -0.4 is 0 Å². The van der Waals surface area contributed by atoms with E-state index in [-0.39, 0.29) is 6.61 Å². The maximum absolute atomic E-state index is 10.7. The van der Waals surface area contributed by atoms with Gasteiger partial charge in [-0.3, -0.25) is 0 Å². The van der Waals surface area contributed by atoms with E-state index < -0.39 is 22.9 Å². The van der Waals surface area contributed by atoms with E-state index in [9.17, 15) is 10.2 Å². The monoisotopic (exact) mass is 226 g/mol. The second-order valence-electron chi connectivity index (χ2n) is 5.27. The third-order valence-corrected chi connectivity index (χ3v) is 4.84. The molecule has 1 spiro atoms. The Hall–Kier alpha value is -0.420. The van der Waals surface area contributed by atoms with Gasteiger partial charge in [0, 0.05) is 13.5 Å². The van der Waals surface area contributed by atoms with Crippen LogP contribution in [0.4, 0.5) is 0 Å². The molecule has 1 saturated heterocycles. The predicted molar refractivity (Wildman–Crippen MR) is 56.7 cm³/mol. The van der Waals surface area contributed by atoms with Crippen LogP contribution >= 0.6 is 0 Å². The second kappa shape index (κ2) is 2.88. The molecule has 2 aliphatic carbocycles. The molecule has 3 rings (SSSR count). The minimum atomic E-state index is -1.07. The first-order valence-electron chi connectivity index (χ1n) is 5.80. The summed E-state index contributed by atoms with van der Waals surface area (Å²) in [6.07, 6.45) is 2.14. The highest BCUT2D eigenvalue weighted by Crippen LogP contribution is 2.68. The van der Waals surface area contributed by atoms with Crippen LogP contribution in [-0.4, -0.2) is 41.4 Å². The summed E-state index contributed by atoms with van der Waals surface area (Å²) in [5.74, 6) is -1.07. The fourth-order valence-electron chi connectivity index (χ4n) is 4.18. The summed E-state index contributed by atoms with van der Waals surface area (Å²) in [7, 11) is 1.54. The van der Waals surface area contributed by atoms with Gasteiger partial charge in [-0.05, 0) is 19.3 Å². The van der Waals surface area contributed by atoms with Gasteiger partial charge in [-0.2, -0.15) is 0 Å². The molecule has 4 nitrogen and oxygen atoms in total. The number of aliphatic hydroxyl groups is 2. The summed E-state index contributed by atoms with van der Waals surface area (Å²) in [5, 5.41) is 20.9. The molecule has 16 heavy (non-hydrogen) atoms. The lowest BCUT2D eigenvalue weighted by atomic mass is 9.69. The van der Waals surface area contributed by atoms with Crippen LogP contribution in [0.5, 0.6) is 0 Å². The third kappa shape index (κ3) is 0.808. The van der Waals surface area contributed by atoms with Crippen molar-refractivity contribution in [1.29, 1.82) is 0 Å². The minimum Gasteiger partial charge on any atom is -0.387 e. The van der Waals surface area contributed by atoms with Gasteiger partial charge < -0.3 is 19.7 Å². The van der Waals surface area contributed by atoms with Crippen LogP contribution in [0.15, 0.2) is 12.2 Å². The molecule has 4 atom stereocenters. The third-order valence-electron chi connectivity index (χ3n) is 4.84. The first-order valence-corrected chi connectivity index (χ1v) is 5.80. The quantitative estimate of drug-likeness (QED) is 0.642. The molecule has 3 aliphatic rings. The van der Waals surface area contributed by atoms with Gasteiger partial charge in [0.05, 0.1) is 12.0 Å². The molecule has 1 heterocycles. The highest BCUT2D eigenvalue weighted by molar-refractivity contribution is 5.36. The summed E-state index contributed by atoms with van der Waals surface area (Å²) in [4.78, 5) is 0. The Morgan fingerprint density at radius 3 is 2.94 bits per heavy atom. The summed E-state index contributed by atoms with van der Waals surface area (Å²) < 4.78 is 11.2. The number of rotatable bonds is 1. The van der Waals surface area contributed by atoms with E-state index in [4.69, 9.17) is 9.47 Å². The molecule has 0 amide bonds. The van der Waals surface area contributed by atoms with Crippen molar-refractivity contribution in [3.05, 3.63) is 12.2 Å². The molecule has 2 N–H and O–H groups in total. The van der Waals surface area contributed by atoms with E-state index >= 15 is 0 Å². The molecule has 2 saturated carbocycles. The Balaban J connectivity index is 2.20. The van der Waals surface area contributed by atoms with Crippen molar-refractivity contribution < 1.29 is 19.7 Å². The lowest BCUT2D eigenvalue weighted by molar-refractivity contribution is -0.271. The van der Waals surface area contributed by atoms with Crippen molar-refractivity contribution in [3.8, 4) is 0 Å². The van der Waals surface area contributed by atoms with Crippen molar-refractivity contribution in [2.24, 2.45) is 5.41 Å². The van der Waals surface area contributed by atoms with Gasteiger partial charge in [0.2, 0.25) is 5.79 Å². The van der Waals surface area contributed by atoms with E-state index in [2.05, 4.69) is 6.58 Å². The number of hydrogen-bond acceptors (Lipinski definition) is 4. The van der Waals surface area contributed by atoms with Crippen molar-refractivity contribution in [1.82, 2.24) is 0 Å². The lowest BCUT2D eigenvalue weighted by Gasteiger charge is -2.42. The van der Waals surface area contributed by atoms with Crippen LogP contribution in [0.25, 0.3) is 0 Å². The van der Waals surface area contributed by atoms with Gasteiger partial charge in [0.15, 0.2) is 0 Å². The normalized spacial score (nSPS) is 55.4. The van der Waals surface area contributed by atoms with Crippen LogP contribution in [0.1, 0.15) is 25.7 Å². The molecular weight excluding hydrogens is 208 g/mol. The lowest BCUT2D eigenvalue weighted by Crippen LogP contribution is -2.55. The standard InChI is InChI=1S/C12H18O4/c1-8-6-9(13)12(15-2)11(8)5-3-4-10(11,14)7-16-12/h9,13-14H,1,3-7H2,2H3/t9-,10+,11+,12+/m0/s1. The molecule has 0 unspecified atom stereocenters. The minimum absolute atomic E-state index is 0.233. The van der Waals surface area contributed by atoms with Crippen LogP contribution in [0.3, 0.4) is 0 Å². The molecule has 0 aromatic heterocycles. The fraction of sp³-hybridized carbons (Fsp3) is 0.833. The molecule has 4 heteroatoms. The van der Waals surface area contributed by atoms with Gasteiger partial charge in [-0.25, -0.2) is 0 Å². The van der Waals surface area contributed by atoms with Crippen LogP contribution in [0.2, 0.25) is 0 Å². The maximum Gasteiger partial charge on any atom is 0.207 e.